The van der Waals surface area contributed by atoms with Crippen LogP contribution in [0, 0.1) is 19.3 Å². The van der Waals surface area contributed by atoms with Crippen LogP contribution in [0.4, 0.5) is 0 Å². The first-order valence-corrected chi connectivity index (χ1v) is 7.10. The molecule has 0 fully saturated rings. The summed E-state index contributed by atoms with van der Waals surface area (Å²) in [6, 6.07) is 8.80. The fraction of sp³-hybridized carbons (Fsp3) is 0.235. The van der Waals surface area contributed by atoms with Gasteiger partial charge >= 0.3 is 0 Å². The first-order valence-electron chi connectivity index (χ1n) is 6.72. The molecule has 0 aliphatic rings. The highest BCUT2D eigenvalue weighted by molar-refractivity contribution is 6.31. The standard InChI is InChI=1S/C17H16ClNO3/c1-3-8-19(11-15-5-4-9-21-15)17(20)12-22-14-6-7-16(18)13(2)10-14/h1,4-7,9-10H,8,11-12H2,2H3. The van der Waals surface area contributed by atoms with Crippen LogP contribution in [0.5, 0.6) is 5.75 Å². The van der Waals surface area contributed by atoms with E-state index in [0.29, 0.717) is 23.1 Å². The molecule has 22 heavy (non-hydrogen) atoms. The molecule has 1 aromatic carbocycles. The van der Waals surface area contributed by atoms with Gasteiger partial charge < -0.3 is 14.1 Å². The van der Waals surface area contributed by atoms with E-state index in [1.165, 1.54) is 4.90 Å². The normalized spacial score (nSPS) is 10.0. The Morgan fingerprint density at radius 2 is 2.27 bits per heavy atom. The van der Waals surface area contributed by atoms with Gasteiger partial charge in [0.1, 0.15) is 11.5 Å². The van der Waals surface area contributed by atoms with E-state index in [9.17, 15) is 4.79 Å². The number of rotatable bonds is 6. The molecule has 0 saturated heterocycles. The number of nitrogens with zero attached hydrogens (tertiary/aromatic N) is 1. The van der Waals surface area contributed by atoms with Gasteiger partial charge in [-0.1, -0.05) is 17.5 Å². The van der Waals surface area contributed by atoms with E-state index < -0.39 is 0 Å². The molecule has 1 heterocycles. The van der Waals surface area contributed by atoms with Crippen molar-refractivity contribution < 1.29 is 13.9 Å². The van der Waals surface area contributed by atoms with Crippen molar-refractivity contribution in [1.82, 2.24) is 4.90 Å². The number of benzene rings is 1. The van der Waals surface area contributed by atoms with Crippen molar-refractivity contribution in [3.8, 4) is 18.1 Å². The van der Waals surface area contributed by atoms with E-state index in [4.69, 9.17) is 27.2 Å². The van der Waals surface area contributed by atoms with E-state index in [1.54, 1.807) is 36.6 Å². The van der Waals surface area contributed by atoms with Gasteiger partial charge in [0.2, 0.25) is 0 Å². The summed E-state index contributed by atoms with van der Waals surface area (Å²) in [5.74, 6) is 3.52. The second kappa shape index (κ2) is 7.58. The highest BCUT2D eigenvalue weighted by atomic mass is 35.5. The molecule has 0 radical (unpaired) electrons. The quantitative estimate of drug-likeness (QED) is 0.768. The predicted molar refractivity (Wildman–Crippen MR) is 84.6 cm³/mol. The minimum Gasteiger partial charge on any atom is -0.484 e. The number of carbonyl (C=O) groups is 1. The van der Waals surface area contributed by atoms with E-state index in [2.05, 4.69) is 5.92 Å². The van der Waals surface area contributed by atoms with Crippen LogP contribution in [0.1, 0.15) is 11.3 Å². The minimum atomic E-state index is -0.207. The summed E-state index contributed by atoms with van der Waals surface area (Å²) in [6.45, 7) is 2.30. The smallest absolute Gasteiger partial charge is 0.261 e. The maximum atomic E-state index is 12.2. The minimum absolute atomic E-state index is 0.0938. The Hall–Kier alpha value is -2.38. The van der Waals surface area contributed by atoms with Crippen LogP contribution in [0.25, 0.3) is 0 Å². The SMILES string of the molecule is C#CCN(Cc1ccco1)C(=O)COc1ccc(Cl)c(C)c1. The van der Waals surface area contributed by atoms with E-state index >= 15 is 0 Å². The van der Waals surface area contributed by atoms with Crippen molar-refractivity contribution in [2.75, 3.05) is 13.2 Å². The van der Waals surface area contributed by atoms with E-state index in [-0.39, 0.29) is 19.1 Å². The van der Waals surface area contributed by atoms with Gasteiger partial charge in [-0.25, -0.2) is 0 Å². The molecule has 2 aromatic rings. The molecule has 0 bridgehead atoms. The third-order valence-corrected chi connectivity index (χ3v) is 3.48. The number of terminal acetylenes is 1. The van der Waals surface area contributed by atoms with E-state index in [0.717, 1.165) is 5.56 Å². The lowest BCUT2D eigenvalue weighted by atomic mass is 10.2. The second-order valence-corrected chi connectivity index (χ2v) is 5.14. The van der Waals surface area contributed by atoms with Gasteiger partial charge in [-0.3, -0.25) is 4.79 Å². The van der Waals surface area contributed by atoms with Gasteiger partial charge in [0.05, 0.1) is 19.4 Å². The number of aryl methyl sites for hydroxylation is 1. The molecule has 0 aliphatic carbocycles. The Labute approximate surface area is 134 Å². The fourth-order valence-corrected chi connectivity index (χ4v) is 1.99. The summed E-state index contributed by atoms with van der Waals surface area (Å²) in [5.41, 5.74) is 0.891. The molecule has 1 amide bonds. The molecule has 2 rings (SSSR count). The molecule has 0 aliphatic heterocycles. The van der Waals surface area contributed by atoms with Gasteiger partial charge in [0, 0.05) is 5.02 Å². The zero-order chi connectivity index (χ0) is 15.9. The molecule has 5 heteroatoms. The van der Waals surface area contributed by atoms with Gasteiger partial charge in [-0.15, -0.1) is 6.42 Å². The Morgan fingerprint density at radius 1 is 1.45 bits per heavy atom. The Balaban J connectivity index is 1.95. The Bertz CT molecular complexity index is 674. The third kappa shape index (κ3) is 4.31. The van der Waals surface area contributed by atoms with Gasteiger partial charge in [0.15, 0.2) is 6.61 Å². The number of halogens is 1. The second-order valence-electron chi connectivity index (χ2n) is 4.73. The van der Waals surface area contributed by atoms with Crippen molar-refractivity contribution >= 4 is 17.5 Å². The number of amides is 1. The van der Waals surface area contributed by atoms with Crippen LogP contribution in [-0.4, -0.2) is 24.0 Å². The van der Waals surface area contributed by atoms with Crippen LogP contribution < -0.4 is 4.74 Å². The molecule has 4 nitrogen and oxygen atoms in total. The molecule has 114 valence electrons. The summed E-state index contributed by atoms with van der Waals surface area (Å²) in [7, 11) is 0. The summed E-state index contributed by atoms with van der Waals surface area (Å²) in [5, 5.41) is 0.658. The molecule has 0 saturated carbocycles. The lowest BCUT2D eigenvalue weighted by molar-refractivity contribution is -0.133. The molecular weight excluding hydrogens is 302 g/mol. The van der Waals surface area contributed by atoms with Crippen molar-refractivity contribution in [1.29, 1.82) is 0 Å². The van der Waals surface area contributed by atoms with Gasteiger partial charge in [-0.05, 0) is 42.8 Å². The van der Waals surface area contributed by atoms with Crippen molar-refractivity contribution in [2.45, 2.75) is 13.5 Å². The number of ether oxygens (including phenoxy) is 1. The third-order valence-electron chi connectivity index (χ3n) is 3.05. The monoisotopic (exact) mass is 317 g/mol. The number of hydrogen-bond acceptors (Lipinski definition) is 3. The lowest BCUT2D eigenvalue weighted by Crippen LogP contribution is -2.34. The average Bonchev–Trinajstić information content (AvgIpc) is 3.01. The Morgan fingerprint density at radius 3 is 2.91 bits per heavy atom. The lowest BCUT2D eigenvalue weighted by Gasteiger charge is -2.19. The van der Waals surface area contributed by atoms with Crippen LogP contribution >= 0.6 is 11.6 Å². The fourth-order valence-electron chi connectivity index (χ4n) is 1.88. The summed E-state index contributed by atoms with van der Waals surface area (Å²) in [6.07, 6.45) is 6.87. The van der Waals surface area contributed by atoms with Crippen molar-refractivity contribution in [3.63, 3.8) is 0 Å². The largest absolute Gasteiger partial charge is 0.484 e. The number of carbonyl (C=O) groups excluding carboxylic acids is 1. The van der Waals surface area contributed by atoms with Crippen molar-refractivity contribution in [2.24, 2.45) is 0 Å². The molecular formula is C17H16ClNO3. The number of furan rings is 1. The van der Waals surface area contributed by atoms with Gasteiger partial charge in [-0.2, -0.15) is 0 Å². The summed E-state index contributed by atoms with van der Waals surface area (Å²) in [4.78, 5) is 13.7. The maximum Gasteiger partial charge on any atom is 0.261 e. The first kappa shape index (κ1) is 16.0. The molecule has 0 unspecified atom stereocenters. The molecule has 0 spiro atoms. The Kier molecular flexibility index (Phi) is 5.51. The van der Waals surface area contributed by atoms with E-state index in [1.807, 2.05) is 6.92 Å². The van der Waals surface area contributed by atoms with Gasteiger partial charge in [0.25, 0.3) is 5.91 Å². The molecule has 0 atom stereocenters. The predicted octanol–water partition coefficient (Wildman–Crippen LogP) is 3.28. The van der Waals surface area contributed by atoms with Crippen LogP contribution in [0.3, 0.4) is 0 Å². The van der Waals surface area contributed by atoms with Crippen LogP contribution in [0.15, 0.2) is 41.0 Å². The summed E-state index contributed by atoms with van der Waals surface area (Å²) < 4.78 is 10.7. The first-order chi connectivity index (χ1) is 10.6. The van der Waals surface area contributed by atoms with Crippen LogP contribution in [-0.2, 0) is 11.3 Å². The topological polar surface area (TPSA) is 42.7 Å². The van der Waals surface area contributed by atoms with Crippen LogP contribution in [0.2, 0.25) is 5.02 Å². The summed E-state index contributed by atoms with van der Waals surface area (Å²) >= 11 is 5.95. The highest BCUT2D eigenvalue weighted by Gasteiger charge is 2.15. The average molecular weight is 318 g/mol. The zero-order valence-electron chi connectivity index (χ0n) is 12.2. The zero-order valence-corrected chi connectivity index (χ0v) is 13.0. The van der Waals surface area contributed by atoms with Crippen molar-refractivity contribution in [3.05, 3.63) is 52.9 Å². The molecule has 1 aromatic heterocycles. The highest BCUT2D eigenvalue weighted by Crippen LogP contribution is 2.21. The molecule has 0 N–H and O–H groups in total. The number of hydrogen-bond donors (Lipinski definition) is 0. The maximum absolute atomic E-state index is 12.2.